The van der Waals surface area contributed by atoms with Gasteiger partial charge in [0.25, 0.3) is 0 Å². The number of hydrogen-bond acceptors (Lipinski definition) is 4. The van der Waals surface area contributed by atoms with Crippen LogP contribution >= 0.6 is 11.8 Å². The molecule has 1 heterocycles. The molecule has 2 rings (SSSR count). The average molecular weight is 247 g/mol. The molecule has 0 saturated heterocycles. The normalized spacial score (nSPS) is 10.8. The van der Waals surface area contributed by atoms with Crippen LogP contribution in [-0.2, 0) is 0 Å². The molecular formula is C12H9NO3S. The van der Waals surface area contributed by atoms with E-state index in [1.54, 1.807) is 12.1 Å². The van der Waals surface area contributed by atoms with Gasteiger partial charge < -0.3 is 4.42 Å². The van der Waals surface area contributed by atoms with E-state index < -0.39 is 4.92 Å². The maximum absolute atomic E-state index is 10.1. The molecule has 0 bridgehead atoms. The fraction of sp³-hybridized carbons (Fsp3) is 0. The molecule has 1 aromatic heterocycles. The highest BCUT2D eigenvalue weighted by atomic mass is 32.2. The van der Waals surface area contributed by atoms with Crippen LogP contribution in [0.25, 0.3) is 6.08 Å². The van der Waals surface area contributed by atoms with Crippen molar-refractivity contribution in [3.8, 4) is 0 Å². The Balaban J connectivity index is 2.06. The van der Waals surface area contributed by atoms with Crippen LogP contribution in [0.5, 0.6) is 0 Å². The lowest BCUT2D eigenvalue weighted by Crippen LogP contribution is -1.80. The number of nitrogens with zero attached hydrogens (tertiary/aromatic N) is 1. The molecule has 0 aliphatic rings. The monoisotopic (exact) mass is 247 g/mol. The van der Waals surface area contributed by atoms with Gasteiger partial charge >= 0.3 is 0 Å². The molecule has 2 aromatic rings. The van der Waals surface area contributed by atoms with E-state index in [1.807, 2.05) is 30.3 Å². The number of hydrogen-bond donors (Lipinski definition) is 0. The van der Waals surface area contributed by atoms with Crippen LogP contribution in [0.2, 0.25) is 0 Å². The van der Waals surface area contributed by atoms with Crippen LogP contribution in [0, 0.1) is 10.1 Å². The largest absolute Gasteiger partial charge is 0.450 e. The summed E-state index contributed by atoms with van der Waals surface area (Å²) in [5, 5.41) is 10.8. The lowest BCUT2D eigenvalue weighted by molar-refractivity contribution is -0.401. The van der Waals surface area contributed by atoms with Gasteiger partial charge in [-0.2, -0.15) is 0 Å². The molecule has 0 amide bonds. The molecule has 0 aliphatic carbocycles. The maximum Gasteiger partial charge on any atom is 0.238 e. The van der Waals surface area contributed by atoms with Crippen molar-refractivity contribution in [2.24, 2.45) is 0 Å². The van der Waals surface area contributed by atoms with E-state index in [4.69, 9.17) is 4.42 Å². The van der Waals surface area contributed by atoms with Crippen molar-refractivity contribution >= 4 is 17.8 Å². The van der Waals surface area contributed by atoms with Gasteiger partial charge in [-0.15, -0.1) is 0 Å². The van der Waals surface area contributed by atoms with E-state index in [9.17, 15) is 10.1 Å². The number of nitro groups is 1. The summed E-state index contributed by atoms with van der Waals surface area (Å²) < 4.78 is 5.41. The van der Waals surface area contributed by atoms with E-state index >= 15 is 0 Å². The molecule has 0 N–H and O–H groups in total. The van der Waals surface area contributed by atoms with Gasteiger partial charge in [-0.3, -0.25) is 10.1 Å². The molecule has 4 nitrogen and oxygen atoms in total. The van der Waals surface area contributed by atoms with Gasteiger partial charge in [0.2, 0.25) is 6.20 Å². The van der Waals surface area contributed by atoms with Crippen LogP contribution in [0.15, 0.2) is 63.1 Å². The second-order valence-corrected chi connectivity index (χ2v) is 4.25. The van der Waals surface area contributed by atoms with Crippen LogP contribution in [0.4, 0.5) is 0 Å². The molecule has 0 saturated carbocycles. The second-order valence-electron chi connectivity index (χ2n) is 3.17. The van der Waals surface area contributed by atoms with Gasteiger partial charge in [0.05, 0.1) is 11.0 Å². The number of rotatable bonds is 4. The summed E-state index contributed by atoms with van der Waals surface area (Å²) in [5.41, 5.74) is 0. The molecule has 0 aliphatic heterocycles. The summed E-state index contributed by atoms with van der Waals surface area (Å²) in [4.78, 5) is 10.7. The first-order chi connectivity index (χ1) is 8.24. The first-order valence-corrected chi connectivity index (χ1v) is 5.70. The van der Waals surface area contributed by atoms with Gasteiger partial charge in [0.15, 0.2) is 5.09 Å². The van der Waals surface area contributed by atoms with E-state index in [-0.39, 0.29) is 0 Å². The Kier molecular flexibility index (Phi) is 3.62. The lowest BCUT2D eigenvalue weighted by atomic mass is 10.4. The topological polar surface area (TPSA) is 56.3 Å². The highest BCUT2D eigenvalue weighted by Gasteiger charge is 2.02. The SMILES string of the molecule is O=[N+]([O-])/C=C/c1ccc(Sc2ccccc2)o1. The van der Waals surface area contributed by atoms with Crippen molar-refractivity contribution in [1.82, 2.24) is 0 Å². The Morgan fingerprint density at radius 3 is 2.65 bits per heavy atom. The molecule has 1 aromatic carbocycles. The van der Waals surface area contributed by atoms with Gasteiger partial charge in [-0.1, -0.05) is 30.0 Å². The maximum atomic E-state index is 10.1. The summed E-state index contributed by atoms with van der Waals surface area (Å²) in [7, 11) is 0. The fourth-order valence-corrected chi connectivity index (χ4v) is 2.02. The number of benzene rings is 1. The Hall–Kier alpha value is -2.01. The molecule has 5 heteroatoms. The predicted octanol–water partition coefficient (Wildman–Crippen LogP) is 3.68. The van der Waals surface area contributed by atoms with E-state index in [0.717, 1.165) is 11.1 Å². The van der Waals surface area contributed by atoms with Crippen molar-refractivity contribution in [3.05, 3.63) is 64.5 Å². The summed E-state index contributed by atoms with van der Waals surface area (Å²) in [6, 6.07) is 13.3. The lowest BCUT2D eigenvalue weighted by Gasteiger charge is -1.95. The first-order valence-electron chi connectivity index (χ1n) is 4.88. The van der Waals surface area contributed by atoms with Crippen LogP contribution < -0.4 is 0 Å². The van der Waals surface area contributed by atoms with Crippen LogP contribution in [0.3, 0.4) is 0 Å². The van der Waals surface area contributed by atoms with Gasteiger partial charge in [0, 0.05) is 4.90 Å². The molecule has 0 spiro atoms. The number of furan rings is 1. The zero-order chi connectivity index (χ0) is 12.1. The highest BCUT2D eigenvalue weighted by Crippen LogP contribution is 2.29. The third-order valence-electron chi connectivity index (χ3n) is 1.92. The molecule has 0 atom stereocenters. The third-order valence-corrected chi connectivity index (χ3v) is 2.85. The summed E-state index contributed by atoms with van der Waals surface area (Å²) in [6.07, 6.45) is 2.19. The summed E-state index contributed by atoms with van der Waals surface area (Å²) >= 11 is 1.47. The minimum Gasteiger partial charge on any atom is -0.450 e. The quantitative estimate of drug-likeness (QED) is 0.611. The van der Waals surface area contributed by atoms with Gasteiger partial charge in [0.1, 0.15) is 5.76 Å². The zero-order valence-electron chi connectivity index (χ0n) is 8.78. The molecule has 86 valence electrons. The standard InChI is InChI=1S/C12H9NO3S/c14-13(15)9-8-10-6-7-12(16-10)17-11-4-2-1-3-5-11/h1-9H/b9-8+. The Morgan fingerprint density at radius 2 is 1.94 bits per heavy atom. The van der Waals surface area contributed by atoms with Crippen molar-refractivity contribution in [2.75, 3.05) is 0 Å². The summed E-state index contributed by atoms with van der Waals surface area (Å²) in [5.74, 6) is 0.472. The first kappa shape index (κ1) is 11.5. The van der Waals surface area contributed by atoms with Gasteiger partial charge in [-0.05, 0) is 24.3 Å². The Morgan fingerprint density at radius 1 is 1.18 bits per heavy atom. The van der Waals surface area contributed by atoms with Crippen LogP contribution in [0.1, 0.15) is 5.76 Å². The summed E-state index contributed by atoms with van der Waals surface area (Å²) in [6.45, 7) is 0. The van der Waals surface area contributed by atoms with Crippen molar-refractivity contribution in [2.45, 2.75) is 9.99 Å². The van der Waals surface area contributed by atoms with E-state index in [1.165, 1.54) is 17.8 Å². The Bertz CT molecular complexity index is 534. The minimum absolute atomic E-state index is 0.472. The molecule has 0 radical (unpaired) electrons. The molecular weight excluding hydrogens is 238 g/mol. The van der Waals surface area contributed by atoms with Crippen molar-refractivity contribution in [3.63, 3.8) is 0 Å². The zero-order valence-corrected chi connectivity index (χ0v) is 9.59. The fourth-order valence-electron chi connectivity index (χ4n) is 1.22. The highest BCUT2D eigenvalue weighted by molar-refractivity contribution is 7.99. The van der Waals surface area contributed by atoms with Crippen molar-refractivity contribution < 1.29 is 9.34 Å². The molecule has 17 heavy (non-hydrogen) atoms. The minimum atomic E-state index is -0.521. The third kappa shape index (κ3) is 3.49. The predicted molar refractivity (Wildman–Crippen MR) is 65.3 cm³/mol. The van der Waals surface area contributed by atoms with E-state index in [2.05, 4.69) is 0 Å². The smallest absolute Gasteiger partial charge is 0.238 e. The second kappa shape index (κ2) is 5.36. The van der Waals surface area contributed by atoms with Crippen molar-refractivity contribution in [1.29, 1.82) is 0 Å². The van der Waals surface area contributed by atoms with E-state index in [0.29, 0.717) is 10.9 Å². The van der Waals surface area contributed by atoms with Gasteiger partial charge in [-0.25, -0.2) is 0 Å². The average Bonchev–Trinajstić information content (AvgIpc) is 2.75. The van der Waals surface area contributed by atoms with Crippen LogP contribution in [-0.4, -0.2) is 4.92 Å². The molecule has 0 unspecified atom stereocenters. The Labute approximate surface area is 102 Å². The molecule has 0 fully saturated rings.